The fraction of sp³-hybridized carbons (Fsp3) is 0.273. The Balaban J connectivity index is 2.29. The van der Waals surface area contributed by atoms with Crippen LogP contribution in [0.15, 0.2) is 55.1 Å². The molecule has 2 nitrogen and oxygen atoms in total. The SMILES string of the molecule is C=C(NCCCC)c1ccc(N(C)C)c(C#Cc2ccccc2)c1. The topological polar surface area (TPSA) is 15.3 Å². The Morgan fingerprint density at radius 2 is 1.83 bits per heavy atom. The van der Waals surface area contributed by atoms with Crippen molar-refractivity contribution in [1.29, 1.82) is 0 Å². The van der Waals surface area contributed by atoms with Crippen molar-refractivity contribution >= 4 is 11.4 Å². The molecule has 0 aliphatic heterocycles. The number of anilines is 1. The van der Waals surface area contributed by atoms with E-state index in [4.69, 9.17) is 0 Å². The molecule has 0 fully saturated rings. The normalized spacial score (nSPS) is 9.79. The van der Waals surface area contributed by atoms with Crippen molar-refractivity contribution in [2.45, 2.75) is 19.8 Å². The van der Waals surface area contributed by atoms with Crippen LogP contribution in [0.4, 0.5) is 5.69 Å². The molecule has 0 bridgehead atoms. The largest absolute Gasteiger partial charge is 0.385 e. The van der Waals surface area contributed by atoms with E-state index in [1.165, 1.54) is 6.42 Å². The molecule has 0 saturated heterocycles. The smallest absolute Gasteiger partial charge is 0.0520 e. The Morgan fingerprint density at radius 3 is 2.50 bits per heavy atom. The molecule has 24 heavy (non-hydrogen) atoms. The lowest BCUT2D eigenvalue weighted by molar-refractivity contribution is 0.745. The van der Waals surface area contributed by atoms with Gasteiger partial charge >= 0.3 is 0 Å². The summed E-state index contributed by atoms with van der Waals surface area (Å²) in [6, 6.07) is 16.4. The Bertz CT molecular complexity index is 734. The molecule has 1 N–H and O–H groups in total. The first kappa shape index (κ1) is 17.7. The number of rotatable bonds is 6. The first-order chi connectivity index (χ1) is 11.6. The molecule has 2 aromatic rings. The molecular formula is C22H26N2. The average Bonchev–Trinajstić information content (AvgIpc) is 2.60. The maximum absolute atomic E-state index is 4.16. The van der Waals surface area contributed by atoms with Gasteiger partial charge in [0.25, 0.3) is 0 Å². The third-order valence-corrected chi connectivity index (χ3v) is 3.81. The molecule has 0 heterocycles. The number of benzene rings is 2. The highest BCUT2D eigenvalue weighted by molar-refractivity contribution is 5.70. The Morgan fingerprint density at radius 1 is 1.08 bits per heavy atom. The summed E-state index contributed by atoms with van der Waals surface area (Å²) in [5, 5.41) is 3.39. The summed E-state index contributed by atoms with van der Waals surface area (Å²) in [6.07, 6.45) is 2.32. The minimum atomic E-state index is 0.954. The molecular weight excluding hydrogens is 292 g/mol. The molecule has 0 aromatic heterocycles. The summed E-state index contributed by atoms with van der Waals surface area (Å²) >= 11 is 0. The number of nitrogens with one attached hydrogen (secondary N) is 1. The number of nitrogens with zero attached hydrogens (tertiary/aromatic N) is 1. The third kappa shape index (κ3) is 4.93. The molecule has 0 atom stereocenters. The van der Waals surface area contributed by atoms with Crippen LogP contribution in [-0.2, 0) is 0 Å². The van der Waals surface area contributed by atoms with Crippen molar-refractivity contribution in [1.82, 2.24) is 5.32 Å². The van der Waals surface area contributed by atoms with E-state index in [0.29, 0.717) is 0 Å². The first-order valence-electron chi connectivity index (χ1n) is 8.43. The summed E-state index contributed by atoms with van der Waals surface area (Å²) < 4.78 is 0. The highest BCUT2D eigenvalue weighted by Crippen LogP contribution is 2.22. The third-order valence-electron chi connectivity index (χ3n) is 3.81. The van der Waals surface area contributed by atoms with Crippen LogP contribution in [0.25, 0.3) is 5.70 Å². The zero-order chi connectivity index (χ0) is 17.4. The first-order valence-corrected chi connectivity index (χ1v) is 8.43. The molecule has 0 aliphatic carbocycles. The molecule has 124 valence electrons. The van der Waals surface area contributed by atoms with E-state index in [0.717, 1.165) is 41.0 Å². The van der Waals surface area contributed by atoms with E-state index >= 15 is 0 Å². The number of unbranched alkanes of at least 4 members (excludes halogenated alkanes) is 1. The van der Waals surface area contributed by atoms with Gasteiger partial charge in [0, 0.05) is 37.5 Å². The van der Waals surface area contributed by atoms with Crippen LogP contribution < -0.4 is 10.2 Å². The van der Waals surface area contributed by atoms with Gasteiger partial charge in [-0.1, -0.05) is 56.0 Å². The predicted molar refractivity (Wildman–Crippen MR) is 105 cm³/mol. The lowest BCUT2D eigenvalue weighted by Gasteiger charge is -2.17. The maximum atomic E-state index is 4.16. The molecule has 2 heteroatoms. The van der Waals surface area contributed by atoms with Gasteiger partial charge in [0.05, 0.1) is 5.69 Å². The lowest BCUT2D eigenvalue weighted by Crippen LogP contribution is -2.14. The second-order valence-electron chi connectivity index (χ2n) is 6.00. The summed E-state index contributed by atoms with van der Waals surface area (Å²) in [5.41, 5.74) is 5.20. The van der Waals surface area contributed by atoms with Crippen molar-refractivity contribution in [3.05, 3.63) is 71.8 Å². The molecule has 2 aromatic carbocycles. The Labute approximate surface area is 146 Å². The van der Waals surface area contributed by atoms with E-state index in [2.05, 4.69) is 53.8 Å². The second-order valence-corrected chi connectivity index (χ2v) is 6.00. The van der Waals surface area contributed by atoms with Gasteiger partial charge in [-0.2, -0.15) is 0 Å². The zero-order valence-corrected chi connectivity index (χ0v) is 14.9. The summed E-state index contributed by atoms with van der Waals surface area (Å²) in [7, 11) is 4.08. The predicted octanol–water partition coefficient (Wildman–Crippen LogP) is 4.51. The van der Waals surface area contributed by atoms with Gasteiger partial charge in [0.2, 0.25) is 0 Å². The molecule has 0 radical (unpaired) electrons. The maximum Gasteiger partial charge on any atom is 0.0520 e. The van der Waals surface area contributed by atoms with E-state index < -0.39 is 0 Å². The van der Waals surface area contributed by atoms with Gasteiger partial charge in [-0.15, -0.1) is 0 Å². The molecule has 2 rings (SSSR count). The Hall–Kier alpha value is -2.66. The molecule has 0 amide bonds. The van der Waals surface area contributed by atoms with Crippen molar-refractivity contribution < 1.29 is 0 Å². The number of hydrogen-bond acceptors (Lipinski definition) is 2. The van der Waals surface area contributed by atoms with Crippen LogP contribution in [0, 0.1) is 11.8 Å². The van der Waals surface area contributed by atoms with Crippen LogP contribution >= 0.6 is 0 Å². The van der Waals surface area contributed by atoms with Gasteiger partial charge in [-0.05, 0) is 36.2 Å². The molecule has 0 saturated carbocycles. The van der Waals surface area contributed by atoms with Crippen LogP contribution in [-0.4, -0.2) is 20.6 Å². The fourth-order valence-corrected chi connectivity index (χ4v) is 2.39. The Kier molecular flexibility index (Phi) is 6.51. The van der Waals surface area contributed by atoms with E-state index in [9.17, 15) is 0 Å². The van der Waals surface area contributed by atoms with E-state index in [1.807, 2.05) is 44.4 Å². The summed E-state index contributed by atoms with van der Waals surface area (Å²) in [4.78, 5) is 2.09. The van der Waals surface area contributed by atoms with Gasteiger partial charge in [-0.3, -0.25) is 0 Å². The average molecular weight is 318 g/mol. The van der Waals surface area contributed by atoms with Crippen molar-refractivity contribution in [3.8, 4) is 11.8 Å². The van der Waals surface area contributed by atoms with Gasteiger partial charge in [-0.25, -0.2) is 0 Å². The van der Waals surface area contributed by atoms with Crippen LogP contribution in [0.3, 0.4) is 0 Å². The quantitative estimate of drug-likeness (QED) is 0.622. The zero-order valence-electron chi connectivity index (χ0n) is 14.9. The fourth-order valence-electron chi connectivity index (χ4n) is 2.39. The van der Waals surface area contributed by atoms with E-state index in [1.54, 1.807) is 0 Å². The monoisotopic (exact) mass is 318 g/mol. The highest BCUT2D eigenvalue weighted by Gasteiger charge is 2.06. The summed E-state index contributed by atoms with van der Waals surface area (Å²) in [6.45, 7) is 7.30. The molecule has 0 unspecified atom stereocenters. The standard InChI is InChI=1S/C22H26N2/c1-5-6-16-23-18(2)20-14-15-22(24(3)4)21(17-20)13-12-19-10-8-7-9-11-19/h7-11,14-15,17,23H,2,5-6,16H2,1,3-4H3. The van der Waals surface area contributed by atoms with Gasteiger partial charge < -0.3 is 10.2 Å². The minimum absolute atomic E-state index is 0.954. The van der Waals surface area contributed by atoms with Crippen LogP contribution in [0.5, 0.6) is 0 Å². The number of hydrogen-bond donors (Lipinski definition) is 1. The van der Waals surface area contributed by atoms with Crippen molar-refractivity contribution in [2.75, 3.05) is 25.5 Å². The highest BCUT2D eigenvalue weighted by atomic mass is 15.1. The second kappa shape index (κ2) is 8.84. The minimum Gasteiger partial charge on any atom is -0.385 e. The van der Waals surface area contributed by atoms with Gasteiger partial charge in [0.15, 0.2) is 0 Å². The van der Waals surface area contributed by atoms with Gasteiger partial charge in [0.1, 0.15) is 0 Å². The lowest BCUT2D eigenvalue weighted by atomic mass is 10.1. The molecule has 0 aliphatic rings. The van der Waals surface area contributed by atoms with Crippen molar-refractivity contribution in [2.24, 2.45) is 0 Å². The van der Waals surface area contributed by atoms with Crippen LogP contribution in [0.1, 0.15) is 36.5 Å². The van der Waals surface area contributed by atoms with Crippen LogP contribution in [0.2, 0.25) is 0 Å². The summed E-state index contributed by atoms with van der Waals surface area (Å²) in [5.74, 6) is 6.56. The molecule has 0 spiro atoms. The van der Waals surface area contributed by atoms with Crippen molar-refractivity contribution in [3.63, 3.8) is 0 Å². The van der Waals surface area contributed by atoms with E-state index in [-0.39, 0.29) is 0 Å².